The first kappa shape index (κ1) is 11.7. The van der Waals surface area contributed by atoms with Crippen molar-refractivity contribution in [2.24, 2.45) is 5.73 Å². The van der Waals surface area contributed by atoms with Gasteiger partial charge in [-0.1, -0.05) is 18.2 Å². The minimum atomic E-state index is -0.301. The zero-order valence-corrected chi connectivity index (χ0v) is 10.6. The summed E-state index contributed by atoms with van der Waals surface area (Å²) in [6.07, 6.45) is 5.24. The molecule has 0 aliphatic heterocycles. The highest BCUT2D eigenvalue weighted by Crippen LogP contribution is 2.20. The number of hydrogen-bond donors (Lipinski definition) is 1. The van der Waals surface area contributed by atoms with Crippen LogP contribution in [0.25, 0.3) is 10.9 Å². The molecule has 2 heterocycles. The zero-order valence-electron chi connectivity index (χ0n) is 10.6. The largest absolute Gasteiger partial charge is 0.319 e. The normalized spacial score (nSPS) is 12.5. The molecule has 2 aromatic heterocycles. The second-order valence-electron chi connectivity index (χ2n) is 4.52. The van der Waals surface area contributed by atoms with Crippen LogP contribution in [0.1, 0.15) is 23.0 Å². The van der Waals surface area contributed by atoms with Crippen molar-refractivity contribution in [3.63, 3.8) is 0 Å². The molecule has 2 N–H and O–H groups in total. The first-order valence-corrected chi connectivity index (χ1v) is 6.13. The fourth-order valence-electron chi connectivity index (χ4n) is 1.99. The Kier molecular flexibility index (Phi) is 2.93. The van der Waals surface area contributed by atoms with Crippen LogP contribution in [0.3, 0.4) is 0 Å². The van der Waals surface area contributed by atoms with Crippen LogP contribution in [0, 0.1) is 6.92 Å². The van der Waals surface area contributed by atoms with E-state index in [2.05, 4.69) is 21.0 Å². The fourth-order valence-corrected chi connectivity index (χ4v) is 1.99. The molecule has 1 atom stereocenters. The summed E-state index contributed by atoms with van der Waals surface area (Å²) in [7, 11) is 0. The molecule has 19 heavy (non-hydrogen) atoms. The average molecular weight is 250 g/mol. The summed E-state index contributed by atoms with van der Waals surface area (Å²) < 4.78 is 0. The molecule has 0 amide bonds. The Labute approximate surface area is 111 Å². The first-order chi connectivity index (χ1) is 9.24. The van der Waals surface area contributed by atoms with E-state index in [0.717, 1.165) is 27.9 Å². The number of nitrogens with zero attached hydrogens (tertiary/aromatic N) is 3. The van der Waals surface area contributed by atoms with Crippen LogP contribution in [0.4, 0.5) is 0 Å². The van der Waals surface area contributed by atoms with Gasteiger partial charge in [0.25, 0.3) is 0 Å². The topological polar surface area (TPSA) is 64.7 Å². The molecular weight excluding hydrogens is 236 g/mol. The quantitative estimate of drug-likeness (QED) is 0.758. The fraction of sp³-hybridized carbons (Fsp3) is 0.133. The van der Waals surface area contributed by atoms with E-state index in [1.165, 1.54) is 0 Å². The summed E-state index contributed by atoms with van der Waals surface area (Å²) in [6.45, 7) is 1.90. The molecule has 0 fully saturated rings. The van der Waals surface area contributed by atoms with Gasteiger partial charge in [0.15, 0.2) is 0 Å². The van der Waals surface area contributed by atoms with Crippen LogP contribution >= 0.6 is 0 Å². The Hall–Kier alpha value is -2.33. The van der Waals surface area contributed by atoms with Gasteiger partial charge in [0, 0.05) is 17.8 Å². The van der Waals surface area contributed by atoms with E-state index in [9.17, 15) is 0 Å². The number of nitrogens with two attached hydrogens (primary N) is 1. The van der Waals surface area contributed by atoms with Crippen molar-refractivity contribution >= 4 is 10.9 Å². The first-order valence-electron chi connectivity index (χ1n) is 6.13. The third-order valence-electron chi connectivity index (χ3n) is 3.09. The van der Waals surface area contributed by atoms with Gasteiger partial charge >= 0.3 is 0 Å². The van der Waals surface area contributed by atoms with E-state index in [4.69, 9.17) is 5.73 Å². The zero-order chi connectivity index (χ0) is 13.2. The molecule has 0 saturated carbocycles. The average Bonchev–Trinajstić information content (AvgIpc) is 2.47. The Morgan fingerprint density at radius 3 is 2.63 bits per heavy atom. The molecule has 3 rings (SSSR count). The monoisotopic (exact) mass is 250 g/mol. The van der Waals surface area contributed by atoms with Crippen molar-refractivity contribution in [3.05, 3.63) is 65.9 Å². The summed E-state index contributed by atoms with van der Waals surface area (Å²) in [5.74, 6) is 0. The van der Waals surface area contributed by atoms with Gasteiger partial charge in [0.2, 0.25) is 0 Å². The molecule has 0 aliphatic carbocycles. The number of aromatic nitrogens is 3. The highest BCUT2D eigenvalue weighted by atomic mass is 14.8. The van der Waals surface area contributed by atoms with Gasteiger partial charge in [-0.2, -0.15) is 0 Å². The Balaban J connectivity index is 2.01. The lowest BCUT2D eigenvalue weighted by Gasteiger charge is -2.11. The van der Waals surface area contributed by atoms with Gasteiger partial charge < -0.3 is 5.73 Å². The van der Waals surface area contributed by atoms with Crippen LogP contribution in [0.5, 0.6) is 0 Å². The maximum Gasteiger partial charge on any atom is 0.0800 e. The van der Waals surface area contributed by atoms with Crippen molar-refractivity contribution in [1.29, 1.82) is 0 Å². The van der Waals surface area contributed by atoms with E-state index in [1.807, 2.05) is 31.2 Å². The highest BCUT2D eigenvalue weighted by molar-refractivity contribution is 5.78. The van der Waals surface area contributed by atoms with Crippen molar-refractivity contribution in [2.75, 3.05) is 0 Å². The number of aryl methyl sites for hydroxylation is 1. The molecule has 0 aliphatic rings. The molecule has 1 unspecified atom stereocenters. The Morgan fingerprint density at radius 1 is 1.00 bits per heavy atom. The van der Waals surface area contributed by atoms with Crippen LogP contribution < -0.4 is 5.73 Å². The van der Waals surface area contributed by atoms with E-state index in [0.29, 0.717) is 0 Å². The maximum absolute atomic E-state index is 6.21. The molecule has 0 radical (unpaired) electrons. The lowest BCUT2D eigenvalue weighted by molar-refractivity contribution is 0.810. The third-order valence-corrected chi connectivity index (χ3v) is 3.09. The van der Waals surface area contributed by atoms with Crippen molar-refractivity contribution in [3.8, 4) is 0 Å². The predicted molar refractivity (Wildman–Crippen MR) is 74.5 cm³/mol. The van der Waals surface area contributed by atoms with Crippen molar-refractivity contribution < 1.29 is 0 Å². The SMILES string of the molecule is Cc1cnc(C(N)c2cnc3ccccc3c2)cn1. The van der Waals surface area contributed by atoms with Crippen molar-refractivity contribution in [1.82, 2.24) is 15.0 Å². The summed E-state index contributed by atoms with van der Waals surface area (Å²) in [4.78, 5) is 13.0. The van der Waals surface area contributed by atoms with Gasteiger partial charge in [-0.3, -0.25) is 15.0 Å². The standard InChI is InChI=1S/C15H14N4/c1-10-7-18-14(9-17-10)15(16)12-6-11-4-2-3-5-13(11)19-8-12/h2-9,15H,16H2,1H3. The second-order valence-corrected chi connectivity index (χ2v) is 4.52. The second kappa shape index (κ2) is 4.74. The van der Waals surface area contributed by atoms with Crippen LogP contribution in [0.2, 0.25) is 0 Å². The third kappa shape index (κ3) is 2.30. The molecule has 3 aromatic rings. The van der Waals surface area contributed by atoms with Crippen LogP contribution in [-0.4, -0.2) is 15.0 Å². The number of hydrogen-bond acceptors (Lipinski definition) is 4. The van der Waals surface area contributed by atoms with Gasteiger partial charge in [-0.05, 0) is 24.6 Å². The van der Waals surface area contributed by atoms with E-state index >= 15 is 0 Å². The summed E-state index contributed by atoms with van der Waals surface area (Å²) in [5, 5.41) is 1.08. The minimum absolute atomic E-state index is 0.301. The van der Waals surface area contributed by atoms with Crippen LogP contribution in [-0.2, 0) is 0 Å². The van der Waals surface area contributed by atoms with Gasteiger partial charge in [0.1, 0.15) is 0 Å². The van der Waals surface area contributed by atoms with E-state index < -0.39 is 0 Å². The van der Waals surface area contributed by atoms with Gasteiger partial charge in [0.05, 0.1) is 29.1 Å². The number of rotatable bonds is 2. The molecule has 4 nitrogen and oxygen atoms in total. The molecule has 1 aromatic carbocycles. The van der Waals surface area contributed by atoms with Gasteiger partial charge in [-0.15, -0.1) is 0 Å². The minimum Gasteiger partial charge on any atom is -0.319 e. The van der Waals surface area contributed by atoms with Crippen molar-refractivity contribution in [2.45, 2.75) is 13.0 Å². The van der Waals surface area contributed by atoms with E-state index in [-0.39, 0.29) is 6.04 Å². The number of benzene rings is 1. The van der Waals surface area contributed by atoms with Gasteiger partial charge in [-0.25, -0.2) is 0 Å². The summed E-state index contributed by atoms with van der Waals surface area (Å²) >= 11 is 0. The Morgan fingerprint density at radius 2 is 1.84 bits per heavy atom. The lowest BCUT2D eigenvalue weighted by Crippen LogP contribution is -2.14. The lowest BCUT2D eigenvalue weighted by atomic mass is 10.0. The molecular formula is C15H14N4. The molecule has 0 saturated heterocycles. The smallest absolute Gasteiger partial charge is 0.0800 e. The summed E-state index contributed by atoms with van der Waals surface area (Å²) in [6, 6.07) is 9.72. The number of pyridine rings is 1. The molecule has 94 valence electrons. The maximum atomic E-state index is 6.21. The van der Waals surface area contributed by atoms with E-state index in [1.54, 1.807) is 18.6 Å². The predicted octanol–water partition coefficient (Wildman–Crippen LogP) is 2.38. The highest BCUT2D eigenvalue weighted by Gasteiger charge is 2.11. The number of para-hydroxylation sites is 1. The molecule has 0 spiro atoms. The van der Waals surface area contributed by atoms with Crippen LogP contribution in [0.15, 0.2) is 48.9 Å². The Bertz CT molecular complexity index is 707. The molecule has 4 heteroatoms. The molecule has 0 bridgehead atoms. The summed E-state index contributed by atoms with van der Waals surface area (Å²) in [5.41, 5.74) is 9.76. The number of fused-ring (bicyclic) bond motifs is 1.